The molecule has 0 aromatic carbocycles. The number of esters is 1. The molecular weight excluding hydrogens is 466 g/mol. The summed E-state index contributed by atoms with van der Waals surface area (Å²) in [5.41, 5.74) is 5.98. The van der Waals surface area contributed by atoms with Crippen LogP contribution in [0.3, 0.4) is 0 Å². The lowest BCUT2D eigenvalue weighted by molar-refractivity contribution is -0.143. The average Bonchev–Trinajstić information content (AvgIpc) is 3.25. The molecule has 0 unspecified atom stereocenters. The fourth-order valence-electron chi connectivity index (χ4n) is 3.00. The summed E-state index contributed by atoms with van der Waals surface area (Å²) in [6.45, 7) is 2.40. The zero-order chi connectivity index (χ0) is 23.6. The molecule has 3 atom stereocenters. The minimum Gasteiger partial charge on any atom is -0.480 e. The Balaban J connectivity index is 1.86. The second-order valence-corrected chi connectivity index (χ2v) is 9.21. The number of carboxylic acids is 2. The molecule has 0 radical (unpaired) electrons. The van der Waals surface area contributed by atoms with Gasteiger partial charge >= 0.3 is 17.9 Å². The number of hydrogen-bond donors (Lipinski definition) is 5. The molecule has 0 fully saturated rings. The summed E-state index contributed by atoms with van der Waals surface area (Å²) in [6.07, 6.45) is -0.430. The Morgan fingerprint density at radius 2 is 2.22 bits per heavy atom. The van der Waals surface area contributed by atoms with Gasteiger partial charge in [-0.2, -0.15) is 0 Å². The van der Waals surface area contributed by atoms with Crippen molar-refractivity contribution >= 4 is 57.8 Å². The van der Waals surface area contributed by atoms with Crippen molar-refractivity contribution in [2.24, 2.45) is 5.16 Å². The maximum Gasteiger partial charge on any atom is 0.355 e. The fourth-order valence-corrected chi connectivity index (χ4v) is 4.88. The molecule has 0 bridgehead atoms. The van der Waals surface area contributed by atoms with Crippen LogP contribution in [0.25, 0.3) is 0 Å². The topological polar surface area (TPSA) is 203 Å². The average molecular weight is 486 g/mol. The highest BCUT2D eigenvalue weighted by molar-refractivity contribution is 8.00. The van der Waals surface area contributed by atoms with Crippen LogP contribution in [0.1, 0.15) is 19.5 Å². The van der Waals surface area contributed by atoms with E-state index in [1.807, 2.05) is 0 Å². The molecule has 0 saturated carbocycles. The number of anilines is 1. The Morgan fingerprint density at radius 1 is 1.50 bits per heavy atom. The fraction of sp³-hybridized carbons (Fsp3) is 0.412. The van der Waals surface area contributed by atoms with E-state index in [0.29, 0.717) is 11.3 Å². The van der Waals surface area contributed by atoms with Crippen LogP contribution in [-0.4, -0.2) is 74.1 Å². The van der Waals surface area contributed by atoms with E-state index in [1.54, 1.807) is 6.92 Å². The summed E-state index contributed by atoms with van der Waals surface area (Å²) >= 11 is 2.18. The van der Waals surface area contributed by atoms with Crippen molar-refractivity contribution in [3.63, 3.8) is 0 Å². The molecule has 2 aliphatic heterocycles. The predicted octanol–water partition coefficient (Wildman–Crippen LogP) is -0.648. The van der Waals surface area contributed by atoms with Crippen LogP contribution in [0.5, 0.6) is 0 Å². The van der Waals surface area contributed by atoms with Gasteiger partial charge in [0.2, 0.25) is 6.61 Å². The Labute approximate surface area is 189 Å². The first-order chi connectivity index (χ1) is 15.0. The smallest absolute Gasteiger partial charge is 0.355 e. The monoisotopic (exact) mass is 485 g/mol. The molecule has 13 nitrogen and oxygen atoms in total. The largest absolute Gasteiger partial charge is 0.480 e. The number of nitrogen functional groups attached to an aromatic ring is 1. The predicted molar refractivity (Wildman–Crippen MR) is 113 cm³/mol. The van der Waals surface area contributed by atoms with Crippen molar-refractivity contribution < 1.29 is 39.0 Å². The second-order valence-electron chi connectivity index (χ2n) is 6.89. The van der Waals surface area contributed by atoms with E-state index in [-0.39, 0.29) is 16.5 Å². The molecule has 0 saturated heterocycles. The highest BCUT2D eigenvalue weighted by Gasteiger charge is 2.48. The van der Waals surface area contributed by atoms with E-state index >= 15 is 0 Å². The zero-order valence-corrected chi connectivity index (χ0v) is 18.4. The van der Waals surface area contributed by atoms with Gasteiger partial charge in [-0.15, -0.1) is 23.1 Å². The molecule has 2 aliphatic rings. The molecule has 6 N–H and O–H groups in total. The van der Waals surface area contributed by atoms with Crippen LogP contribution in [-0.2, 0) is 28.8 Å². The lowest BCUT2D eigenvalue weighted by Gasteiger charge is -2.39. The maximum absolute atomic E-state index is 12.9. The van der Waals surface area contributed by atoms with Crippen LogP contribution >= 0.6 is 23.1 Å². The van der Waals surface area contributed by atoms with E-state index in [4.69, 9.17) is 15.6 Å². The van der Waals surface area contributed by atoms with Gasteiger partial charge in [0, 0.05) is 16.7 Å². The third-order valence-corrected chi connectivity index (χ3v) is 6.66. The summed E-state index contributed by atoms with van der Waals surface area (Å²) in [5.74, 6) is -3.98. The van der Waals surface area contributed by atoms with Gasteiger partial charge in [0.25, 0.3) is 5.91 Å². The van der Waals surface area contributed by atoms with Crippen molar-refractivity contribution in [1.29, 1.82) is 0 Å². The number of ether oxygens (including phenoxy) is 1. The molecule has 3 rings (SSSR count). The van der Waals surface area contributed by atoms with Crippen molar-refractivity contribution in [3.8, 4) is 0 Å². The van der Waals surface area contributed by atoms with Crippen LogP contribution in [0.2, 0.25) is 0 Å². The van der Waals surface area contributed by atoms with E-state index in [0.717, 1.165) is 11.3 Å². The molecule has 0 aliphatic carbocycles. The van der Waals surface area contributed by atoms with Crippen LogP contribution in [0, 0.1) is 0 Å². The number of carbonyl (C=O) groups excluding carboxylic acids is 2. The van der Waals surface area contributed by atoms with E-state index in [9.17, 15) is 24.3 Å². The Bertz CT molecular complexity index is 1040. The summed E-state index contributed by atoms with van der Waals surface area (Å²) < 4.78 is 5.16. The van der Waals surface area contributed by atoms with Gasteiger partial charge in [-0.1, -0.05) is 5.16 Å². The van der Waals surface area contributed by atoms with E-state index in [2.05, 4.69) is 25.6 Å². The number of thiazole rings is 1. The minimum absolute atomic E-state index is 0.0212. The van der Waals surface area contributed by atoms with Crippen LogP contribution in [0.15, 0.2) is 21.8 Å². The lowest BCUT2D eigenvalue weighted by Crippen LogP contribution is -2.62. The third-order valence-electron chi connectivity index (χ3n) is 4.60. The second kappa shape index (κ2) is 9.04. The molecule has 32 heavy (non-hydrogen) atoms. The Morgan fingerprint density at radius 3 is 2.81 bits per heavy atom. The number of nitrogens with two attached hydrogens (primary N) is 1. The van der Waals surface area contributed by atoms with Gasteiger partial charge in [0.15, 0.2) is 16.9 Å². The van der Waals surface area contributed by atoms with Gasteiger partial charge < -0.3 is 36.2 Å². The van der Waals surface area contributed by atoms with Gasteiger partial charge in [-0.3, -0.25) is 4.79 Å². The van der Waals surface area contributed by atoms with E-state index in [1.165, 1.54) is 24.1 Å². The first kappa shape index (κ1) is 23.3. The maximum atomic E-state index is 12.9. The SMILES string of the molecule is C[C@H]1OC(=O)C2=C1CS[C@](C)([C@@H](NC(=O)/C(=N\OCC(=O)O)c1csc(N)n1)C(=O)O)N2. The number of carboxylic acid groups (broad SMARTS) is 2. The number of amides is 1. The van der Waals surface area contributed by atoms with Crippen molar-refractivity contribution in [2.45, 2.75) is 30.9 Å². The summed E-state index contributed by atoms with van der Waals surface area (Å²) in [6, 6.07) is -1.53. The highest BCUT2D eigenvalue weighted by atomic mass is 32.2. The minimum atomic E-state index is -1.53. The number of aromatic nitrogens is 1. The normalized spacial score (nSPS) is 23.6. The molecule has 0 spiro atoms. The van der Waals surface area contributed by atoms with Gasteiger partial charge in [-0.25, -0.2) is 19.4 Å². The van der Waals surface area contributed by atoms with Crippen LogP contribution < -0.4 is 16.4 Å². The molecule has 3 heterocycles. The van der Waals surface area contributed by atoms with Crippen LogP contribution in [0.4, 0.5) is 5.13 Å². The number of carbonyl (C=O) groups is 4. The van der Waals surface area contributed by atoms with E-state index < -0.39 is 53.2 Å². The van der Waals surface area contributed by atoms with Gasteiger partial charge in [0.1, 0.15) is 22.4 Å². The first-order valence-electron chi connectivity index (χ1n) is 9.04. The molecule has 1 amide bonds. The number of rotatable bonds is 8. The number of aliphatic carboxylic acids is 2. The number of hydrogen-bond acceptors (Lipinski definition) is 12. The quantitative estimate of drug-likeness (QED) is 0.177. The molecule has 172 valence electrons. The number of thioether (sulfide) groups is 1. The standard InChI is InChI=1S/C17H19N5O8S2/c1-6-7-4-32-17(2,21-10(7)15(28)30-6)12(14(26)27)20-13(25)11(22-29-3-9(23)24)8-5-31-16(18)19-8/h5-6,12,21H,3-4H2,1-2H3,(H2,18,19)(H,20,25)(H,23,24)(H,26,27)/b22-11-/t6-,12+,17-/m1/s1. The van der Waals surface area contributed by atoms with Gasteiger partial charge in [0.05, 0.1) is 0 Å². The van der Waals surface area contributed by atoms with Crippen molar-refractivity contribution in [3.05, 3.63) is 22.3 Å². The molecule has 1 aromatic rings. The number of nitrogens with zero attached hydrogens (tertiary/aromatic N) is 2. The van der Waals surface area contributed by atoms with Crippen molar-refractivity contribution in [1.82, 2.24) is 15.6 Å². The summed E-state index contributed by atoms with van der Waals surface area (Å²) in [7, 11) is 0. The number of oxime groups is 1. The Hall–Kier alpha value is -3.33. The molecule has 1 aromatic heterocycles. The number of nitrogens with one attached hydrogen (secondary N) is 2. The molecule has 15 heteroatoms. The number of cyclic esters (lactones) is 1. The highest BCUT2D eigenvalue weighted by Crippen LogP contribution is 2.38. The third kappa shape index (κ3) is 4.77. The Kier molecular flexibility index (Phi) is 6.59. The summed E-state index contributed by atoms with van der Waals surface area (Å²) in [4.78, 5) is 55.0. The summed E-state index contributed by atoms with van der Waals surface area (Å²) in [5, 5.41) is 28.8. The molecular formula is C17H19N5O8S2. The first-order valence-corrected chi connectivity index (χ1v) is 10.9. The van der Waals surface area contributed by atoms with Gasteiger partial charge in [-0.05, 0) is 13.8 Å². The lowest BCUT2D eigenvalue weighted by atomic mass is 10.1. The zero-order valence-electron chi connectivity index (χ0n) is 16.8. The van der Waals surface area contributed by atoms with Crippen molar-refractivity contribution in [2.75, 3.05) is 18.1 Å².